The van der Waals surface area contributed by atoms with E-state index in [9.17, 15) is 4.39 Å². The summed E-state index contributed by atoms with van der Waals surface area (Å²) in [6.45, 7) is 0.929. The standard InChI is InChI=1S/C15H19BrFN3/c16-13-10(15(18)19)5-6-12(14(13)17)20-8-7-9-3-1-2-4-11(9)20/h5-6,9,11H,1-4,7-8H2,(H3,18,19). The van der Waals surface area contributed by atoms with E-state index in [1.165, 1.54) is 19.3 Å². The first-order chi connectivity index (χ1) is 9.59. The molecule has 0 bridgehead atoms. The van der Waals surface area contributed by atoms with Crippen molar-refractivity contribution in [2.75, 3.05) is 11.4 Å². The second kappa shape index (κ2) is 5.35. The molecule has 3 rings (SSSR count). The SMILES string of the molecule is N=C(N)c1ccc(N2CCC3CCCCC32)c(F)c1Br. The van der Waals surface area contributed by atoms with Gasteiger partial charge in [0.2, 0.25) is 0 Å². The molecule has 108 valence electrons. The van der Waals surface area contributed by atoms with Gasteiger partial charge in [-0.15, -0.1) is 0 Å². The van der Waals surface area contributed by atoms with Crippen LogP contribution in [0.2, 0.25) is 0 Å². The monoisotopic (exact) mass is 339 g/mol. The molecule has 1 saturated carbocycles. The number of benzene rings is 1. The third kappa shape index (κ3) is 2.22. The smallest absolute Gasteiger partial charge is 0.161 e. The minimum absolute atomic E-state index is 0.112. The van der Waals surface area contributed by atoms with Crippen LogP contribution in [0.5, 0.6) is 0 Å². The zero-order chi connectivity index (χ0) is 14.3. The number of nitrogen functional groups attached to an aromatic ring is 1. The van der Waals surface area contributed by atoms with Crippen LogP contribution in [0, 0.1) is 17.1 Å². The van der Waals surface area contributed by atoms with E-state index in [0.29, 0.717) is 21.8 Å². The first-order valence-corrected chi connectivity index (χ1v) is 7.98. The van der Waals surface area contributed by atoms with Crippen molar-refractivity contribution < 1.29 is 4.39 Å². The number of fused-ring (bicyclic) bond motifs is 1. The molecule has 1 heterocycles. The highest BCUT2D eigenvalue weighted by Gasteiger charge is 2.37. The third-order valence-corrected chi connectivity index (χ3v) is 5.45. The Balaban J connectivity index is 1.95. The van der Waals surface area contributed by atoms with E-state index in [0.717, 1.165) is 25.3 Å². The molecule has 20 heavy (non-hydrogen) atoms. The average Bonchev–Trinajstić information content (AvgIpc) is 2.85. The van der Waals surface area contributed by atoms with Gasteiger partial charge in [-0.3, -0.25) is 5.41 Å². The van der Waals surface area contributed by atoms with Gasteiger partial charge in [-0.05, 0) is 53.2 Å². The largest absolute Gasteiger partial charge is 0.384 e. The van der Waals surface area contributed by atoms with Gasteiger partial charge in [0.25, 0.3) is 0 Å². The Kier molecular flexibility index (Phi) is 3.71. The maximum absolute atomic E-state index is 14.6. The van der Waals surface area contributed by atoms with E-state index in [4.69, 9.17) is 11.1 Å². The maximum atomic E-state index is 14.6. The molecular weight excluding hydrogens is 321 g/mol. The van der Waals surface area contributed by atoms with E-state index in [1.54, 1.807) is 12.1 Å². The maximum Gasteiger partial charge on any atom is 0.161 e. The fourth-order valence-electron chi connectivity index (χ4n) is 3.67. The lowest BCUT2D eigenvalue weighted by Crippen LogP contribution is -2.35. The first kappa shape index (κ1) is 13.9. The quantitative estimate of drug-likeness (QED) is 0.638. The Hall–Kier alpha value is -1.10. The second-order valence-electron chi connectivity index (χ2n) is 5.77. The van der Waals surface area contributed by atoms with Crippen molar-refractivity contribution in [3.63, 3.8) is 0 Å². The van der Waals surface area contributed by atoms with E-state index >= 15 is 0 Å². The number of hydrogen-bond acceptors (Lipinski definition) is 2. The molecule has 3 nitrogen and oxygen atoms in total. The molecule has 1 aromatic carbocycles. The van der Waals surface area contributed by atoms with E-state index < -0.39 is 0 Å². The number of nitrogens with two attached hydrogens (primary N) is 1. The number of rotatable bonds is 2. The van der Waals surface area contributed by atoms with Gasteiger partial charge < -0.3 is 10.6 Å². The van der Waals surface area contributed by atoms with Gasteiger partial charge in [-0.25, -0.2) is 4.39 Å². The molecule has 3 N–H and O–H groups in total. The Morgan fingerprint density at radius 3 is 2.80 bits per heavy atom. The van der Waals surface area contributed by atoms with Gasteiger partial charge in [0.15, 0.2) is 5.82 Å². The van der Waals surface area contributed by atoms with Crippen molar-refractivity contribution in [1.82, 2.24) is 0 Å². The summed E-state index contributed by atoms with van der Waals surface area (Å²) >= 11 is 3.24. The van der Waals surface area contributed by atoms with Crippen molar-refractivity contribution in [3.05, 3.63) is 28.0 Å². The highest BCUT2D eigenvalue weighted by Crippen LogP contribution is 2.41. The predicted molar refractivity (Wildman–Crippen MR) is 82.8 cm³/mol. The Morgan fingerprint density at radius 1 is 1.30 bits per heavy atom. The number of hydrogen-bond donors (Lipinski definition) is 2. The molecule has 0 amide bonds. The lowest BCUT2D eigenvalue weighted by molar-refractivity contribution is 0.341. The Labute approximate surface area is 127 Å². The molecule has 1 aliphatic carbocycles. The molecule has 5 heteroatoms. The Bertz CT molecular complexity index is 546. The number of halogens is 2. The molecule has 2 atom stereocenters. The molecule has 1 aromatic rings. The summed E-state index contributed by atoms with van der Waals surface area (Å²) in [5.74, 6) is 0.317. The summed E-state index contributed by atoms with van der Waals surface area (Å²) in [5, 5.41) is 7.47. The first-order valence-electron chi connectivity index (χ1n) is 7.18. The average molecular weight is 340 g/mol. The van der Waals surface area contributed by atoms with E-state index in [-0.39, 0.29) is 11.7 Å². The fourth-order valence-corrected chi connectivity index (χ4v) is 4.22. The van der Waals surface area contributed by atoms with Crippen molar-refractivity contribution >= 4 is 27.5 Å². The summed E-state index contributed by atoms with van der Waals surface area (Å²) in [6, 6.07) is 3.99. The van der Waals surface area contributed by atoms with Crippen LogP contribution in [0.25, 0.3) is 0 Å². The minimum Gasteiger partial charge on any atom is -0.384 e. The normalized spacial score (nSPS) is 25.6. The van der Waals surface area contributed by atoms with Crippen LogP contribution in [0.1, 0.15) is 37.7 Å². The van der Waals surface area contributed by atoms with Crippen LogP contribution in [0.15, 0.2) is 16.6 Å². The summed E-state index contributed by atoms with van der Waals surface area (Å²) in [5.41, 5.74) is 6.54. The molecule has 0 spiro atoms. The highest BCUT2D eigenvalue weighted by molar-refractivity contribution is 9.10. The molecule has 2 fully saturated rings. The van der Waals surface area contributed by atoms with Gasteiger partial charge in [-0.1, -0.05) is 12.8 Å². The Morgan fingerprint density at radius 2 is 2.05 bits per heavy atom. The van der Waals surface area contributed by atoms with Crippen molar-refractivity contribution in [1.29, 1.82) is 5.41 Å². The number of anilines is 1. The van der Waals surface area contributed by atoms with E-state index in [2.05, 4.69) is 20.8 Å². The lowest BCUT2D eigenvalue weighted by atomic mass is 9.85. The number of amidine groups is 1. The summed E-state index contributed by atoms with van der Waals surface area (Å²) < 4.78 is 14.9. The van der Waals surface area contributed by atoms with Gasteiger partial charge in [0, 0.05) is 18.2 Å². The van der Waals surface area contributed by atoms with Crippen molar-refractivity contribution in [3.8, 4) is 0 Å². The summed E-state index contributed by atoms with van der Waals surface area (Å²) in [7, 11) is 0. The third-order valence-electron chi connectivity index (χ3n) is 4.67. The molecule has 2 aliphatic rings. The number of nitrogens with zero attached hydrogens (tertiary/aromatic N) is 1. The molecule has 0 radical (unpaired) electrons. The molecule has 1 aliphatic heterocycles. The van der Waals surface area contributed by atoms with Crippen molar-refractivity contribution in [2.24, 2.45) is 11.7 Å². The summed E-state index contributed by atoms with van der Waals surface area (Å²) in [6.07, 6.45) is 6.15. The van der Waals surface area contributed by atoms with Crippen LogP contribution in [0.3, 0.4) is 0 Å². The zero-order valence-corrected chi connectivity index (χ0v) is 12.9. The van der Waals surface area contributed by atoms with Crippen LogP contribution >= 0.6 is 15.9 Å². The lowest BCUT2D eigenvalue weighted by Gasteiger charge is -2.33. The van der Waals surface area contributed by atoms with Crippen LogP contribution in [-0.4, -0.2) is 18.4 Å². The molecule has 1 saturated heterocycles. The predicted octanol–water partition coefficient (Wildman–Crippen LogP) is 3.64. The highest BCUT2D eigenvalue weighted by atomic mass is 79.9. The van der Waals surface area contributed by atoms with Gasteiger partial charge >= 0.3 is 0 Å². The molecule has 0 aromatic heterocycles. The fraction of sp³-hybridized carbons (Fsp3) is 0.533. The molecular formula is C15H19BrFN3. The molecule has 2 unspecified atom stereocenters. The van der Waals surface area contributed by atoms with Gasteiger partial charge in [0.05, 0.1) is 10.2 Å². The van der Waals surface area contributed by atoms with Crippen LogP contribution < -0.4 is 10.6 Å². The summed E-state index contributed by atoms with van der Waals surface area (Å²) in [4.78, 5) is 2.22. The topological polar surface area (TPSA) is 53.1 Å². The minimum atomic E-state index is -0.288. The van der Waals surface area contributed by atoms with Crippen LogP contribution in [0.4, 0.5) is 10.1 Å². The van der Waals surface area contributed by atoms with Gasteiger partial charge in [0.1, 0.15) is 5.84 Å². The van der Waals surface area contributed by atoms with Gasteiger partial charge in [-0.2, -0.15) is 0 Å². The number of nitrogens with one attached hydrogen (secondary N) is 1. The van der Waals surface area contributed by atoms with Crippen LogP contribution in [-0.2, 0) is 0 Å². The van der Waals surface area contributed by atoms with E-state index in [1.807, 2.05) is 0 Å². The van der Waals surface area contributed by atoms with Crippen molar-refractivity contribution in [2.45, 2.75) is 38.1 Å². The zero-order valence-electron chi connectivity index (χ0n) is 11.3. The second-order valence-corrected chi connectivity index (χ2v) is 6.56.